The quantitative estimate of drug-likeness (QED) is 0.743. The van der Waals surface area contributed by atoms with E-state index in [4.69, 9.17) is 0 Å². The van der Waals surface area contributed by atoms with Crippen molar-refractivity contribution in [3.8, 4) is 0 Å². The third kappa shape index (κ3) is 2.28. The lowest BCUT2D eigenvalue weighted by Gasteiger charge is -2.34. The molecule has 1 fully saturated rings. The van der Waals surface area contributed by atoms with E-state index in [-0.39, 0.29) is 5.82 Å². The predicted octanol–water partition coefficient (Wildman–Crippen LogP) is 2.85. The van der Waals surface area contributed by atoms with E-state index in [1.807, 2.05) is 0 Å². The Kier molecular flexibility index (Phi) is 3.19. The van der Waals surface area contributed by atoms with Crippen molar-refractivity contribution in [2.24, 2.45) is 5.92 Å². The lowest BCUT2D eigenvalue weighted by molar-refractivity contribution is 0.401. The summed E-state index contributed by atoms with van der Waals surface area (Å²) < 4.78 is 13.5. The van der Waals surface area contributed by atoms with Gasteiger partial charge < -0.3 is 4.90 Å². The molecule has 0 N–H and O–H groups in total. The van der Waals surface area contributed by atoms with Crippen molar-refractivity contribution in [1.29, 1.82) is 0 Å². The van der Waals surface area contributed by atoms with E-state index in [9.17, 15) is 4.39 Å². The van der Waals surface area contributed by atoms with Gasteiger partial charge in [0.05, 0.1) is 11.9 Å². The summed E-state index contributed by atoms with van der Waals surface area (Å²) in [6.45, 7) is 4.16. The first-order valence-electron chi connectivity index (χ1n) is 5.65. The van der Waals surface area contributed by atoms with Crippen molar-refractivity contribution < 1.29 is 4.39 Å². The lowest BCUT2D eigenvalue weighted by Crippen LogP contribution is -2.35. The summed E-state index contributed by atoms with van der Waals surface area (Å²) >= 11 is 0. The minimum absolute atomic E-state index is 0.200. The molecule has 1 aromatic heterocycles. The molecule has 1 aromatic rings. The van der Waals surface area contributed by atoms with Crippen molar-refractivity contribution in [3.63, 3.8) is 0 Å². The van der Waals surface area contributed by atoms with Gasteiger partial charge in [-0.3, -0.25) is 4.98 Å². The minimum atomic E-state index is -0.200. The van der Waals surface area contributed by atoms with E-state index in [1.54, 1.807) is 12.3 Å². The average molecular weight is 208 g/mol. The second-order valence-electron chi connectivity index (χ2n) is 4.19. The molecule has 1 aliphatic rings. The van der Waals surface area contributed by atoms with E-state index >= 15 is 0 Å². The summed E-state index contributed by atoms with van der Waals surface area (Å²) in [5.41, 5.74) is 0.711. The Hall–Kier alpha value is -1.12. The molecule has 0 saturated carbocycles. The molecule has 0 spiro atoms. The highest BCUT2D eigenvalue weighted by atomic mass is 19.1. The SMILES string of the molecule is CC[C@H]1CCCN(c2ccncc2F)C1. The fraction of sp³-hybridized carbons (Fsp3) is 0.583. The number of halogens is 1. The molecule has 0 amide bonds. The van der Waals surface area contributed by atoms with Crippen LogP contribution in [0.15, 0.2) is 18.5 Å². The molecule has 1 saturated heterocycles. The monoisotopic (exact) mass is 208 g/mol. The summed E-state index contributed by atoms with van der Waals surface area (Å²) in [6, 6.07) is 1.77. The second-order valence-corrected chi connectivity index (χ2v) is 4.19. The van der Waals surface area contributed by atoms with Gasteiger partial charge in [0.2, 0.25) is 0 Å². The fourth-order valence-corrected chi connectivity index (χ4v) is 2.24. The summed E-state index contributed by atoms with van der Waals surface area (Å²) in [6.07, 6.45) is 6.59. The zero-order chi connectivity index (χ0) is 10.7. The molecular formula is C12H17FN2. The van der Waals surface area contributed by atoms with Crippen LogP contribution in [0.25, 0.3) is 0 Å². The molecule has 1 aliphatic heterocycles. The summed E-state index contributed by atoms with van der Waals surface area (Å²) in [5, 5.41) is 0. The van der Waals surface area contributed by atoms with Crippen LogP contribution in [-0.4, -0.2) is 18.1 Å². The Morgan fingerprint density at radius 3 is 3.20 bits per heavy atom. The number of hydrogen-bond acceptors (Lipinski definition) is 2. The van der Waals surface area contributed by atoms with E-state index in [0.29, 0.717) is 11.6 Å². The summed E-state index contributed by atoms with van der Waals surface area (Å²) in [5.74, 6) is 0.514. The maximum Gasteiger partial charge on any atom is 0.164 e. The van der Waals surface area contributed by atoms with E-state index in [0.717, 1.165) is 13.1 Å². The van der Waals surface area contributed by atoms with Gasteiger partial charge in [-0.25, -0.2) is 4.39 Å². The molecular weight excluding hydrogens is 191 g/mol. The number of hydrogen-bond donors (Lipinski definition) is 0. The van der Waals surface area contributed by atoms with Crippen LogP contribution in [0, 0.1) is 11.7 Å². The molecule has 82 valence electrons. The third-order valence-electron chi connectivity index (χ3n) is 3.19. The van der Waals surface area contributed by atoms with Crippen LogP contribution in [0.5, 0.6) is 0 Å². The number of anilines is 1. The van der Waals surface area contributed by atoms with Crippen LogP contribution in [0.1, 0.15) is 26.2 Å². The Balaban J connectivity index is 2.13. The van der Waals surface area contributed by atoms with E-state index in [1.165, 1.54) is 25.5 Å². The number of rotatable bonds is 2. The Morgan fingerprint density at radius 2 is 2.47 bits per heavy atom. The first kappa shape index (κ1) is 10.4. The van der Waals surface area contributed by atoms with Crippen molar-refractivity contribution in [2.75, 3.05) is 18.0 Å². The number of pyridine rings is 1. The smallest absolute Gasteiger partial charge is 0.164 e. The van der Waals surface area contributed by atoms with Gasteiger partial charge in [-0.1, -0.05) is 13.3 Å². The molecule has 15 heavy (non-hydrogen) atoms. The molecule has 2 nitrogen and oxygen atoms in total. The van der Waals surface area contributed by atoms with E-state index in [2.05, 4.69) is 16.8 Å². The molecule has 0 unspecified atom stereocenters. The van der Waals surface area contributed by atoms with Crippen molar-refractivity contribution in [3.05, 3.63) is 24.3 Å². The van der Waals surface area contributed by atoms with Gasteiger partial charge in [-0.05, 0) is 24.8 Å². The molecule has 0 radical (unpaired) electrons. The maximum absolute atomic E-state index is 13.5. The highest BCUT2D eigenvalue weighted by Crippen LogP contribution is 2.26. The zero-order valence-corrected chi connectivity index (χ0v) is 9.12. The van der Waals surface area contributed by atoms with E-state index < -0.39 is 0 Å². The first-order chi connectivity index (χ1) is 7.31. The molecule has 0 aliphatic carbocycles. The molecule has 0 aromatic carbocycles. The number of aromatic nitrogens is 1. The Labute approximate surface area is 90.1 Å². The zero-order valence-electron chi connectivity index (χ0n) is 9.12. The first-order valence-corrected chi connectivity index (χ1v) is 5.65. The molecule has 2 rings (SSSR count). The molecule has 0 bridgehead atoms. The molecule has 3 heteroatoms. The number of nitrogens with zero attached hydrogens (tertiary/aromatic N) is 2. The summed E-state index contributed by atoms with van der Waals surface area (Å²) in [7, 11) is 0. The third-order valence-corrected chi connectivity index (χ3v) is 3.19. The standard InChI is InChI=1S/C12H17FN2/c1-2-10-4-3-7-15(9-10)12-5-6-14-8-11(12)13/h5-6,8,10H,2-4,7,9H2,1H3/t10-/m0/s1. The Morgan fingerprint density at radius 1 is 1.60 bits per heavy atom. The largest absolute Gasteiger partial charge is 0.369 e. The van der Waals surface area contributed by atoms with Crippen LogP contribution in [0.4, 0.5) is 10.1 Å². The van der Waals surface area contributed by atoms with Crippen LogP contribution in [0.3, 0.4) is 0 Å². The van der Waals surface area contributed by atoms with Crippen LogP contribution < -0.4 is 4.90 Å². The van der Waals surface area contributed by atoms with Gasteiger partial charge in [0.15, 0.2) is 5.82 Å². The lowest BCUT2D eigenvalue weighted by atomic mass is 9.95. The van der Waals surface area contributed by atoms with Crippen molar-refractivity contribution in [1.82, 2.24) is 4.98 Å². The fourth-order valence-electron chi connectivity index (χ4n) is 2.24. The van der Waals surface area contributed by atoms with Gasteiger partial charge in [-0.15, -0.1) is 0 Å². The highest BCUT2D eigenvalue weighted by Gasteiger charge is 2.20. The van der Waals surface area contributed by atoms with Crippen LogP contribution >= 0.6 is 0 Å². The normalized spacial score (nSPS) is 21.7. The topological polar surface area (TPSA) is 16.1 Å². The van der Waals surface area contributed by atoms with Gasteiger partial charge >= 0.3 is 0 Å². The van der Waals surface area contributed by atoms with Gasteiger partial charge in [-0.2, -0.15) is 0 Å². The second kappa shape index (κ2) is 4.60. The molecule has 2 heterocycles. The van der Waals surface area contributed by atoms with Crippen molar-refractivity contribution >= 4 is 5.69 Å². The van der Waals surface area contributed by atoms with Gasteiger partial charge in [0.1, 0.15) is 0 Å². The van der Waals surface area contributed by atoms with Gasteiger partial charge in [0.25, 0.3) is 0 Å². The van der Waals surface area contributed by atoms with Crippen LogP contribution in [-0.2, 0) is 0 Å². The highest BCUT2D eigenvalue weighted by molar-refractivity contribution is 5.46. The van der Waals surface area contributed by atoms with Gasteiger partial charge in [0, 0.05) is 19.3 Å². The number of piperidine rings is 1. The van der Waals surface area contributed by atoms with Crippen LogP contribution in [0.2, 0.25) is 0 Å². The maximum atomic E-state index is 13.5. The van der Waals surface area contributed by atoms with Crippen molar-refractivity contribution in [2.45, 2.75) is 26.2 Å². The average Bonchev–Trinajstić information content (AvgIpc) is 2.30. The Bertz CT molecular complexity index is 327. The summed E-state index contributed by atoms with van der Waals surface area (Å²) in [4.78, 5) is 5.92. The molecule has 1 atom stereocenters. The minimum Gasteiger partial charge on any atom is -0.369 e. The predicted molar refractivity (Wildman–Crippen MR) is 59.4 cm³/mol.